The Labute approximate surface area is 177 Å². The average molecular weight is 423 g/mol. The average Bonchev–Trinajstić information content (AvgIpc) is 3.45. The molecule has 0 atom stereocenters. The van der Waals surface area contributed by atoms with Crippen molar-refractivity contribution >= 4 is 21.4 Å². The van der Waals surface area contributed by atoms with Crippen LogP contribution in [0, 0.1) is 13.8 Å². The van der Waals surface area contributed by atoms with Gasteiger partial charge < -0.3 is 4.90 Å². The Bertz CT molecular complexity index is 1230. The summed E-state index contributed by atoms with van der Waals surface area (Å²) in [5, 5.41) is 4.46. The van der Waals surface area contributed by atoms with Crippen molar-refractivity contribution in [2.24, 2.45) is 0 Å². The molecule has 6 nitrogen and oxygen atoms in total. The Kier molecular flexibility index (Phi) is 4.39. The van der Waals surface area contributed by atoms with Gasteiger partial charge in [-0.25, -0.2) is 8.42 Å². The molecule has 2 heterocycles. The summed E-state index contributed by atoms with van der Waals surface area (Å²) in [4.78, 5) is 2.47. The van der Waals surface area contributed by atoms with Crippen molar-refractivity contribution in [3.63, 3.8) is 0 Å². The maximum absolute atomic E-state index is 13.7. The molecule has 30 heavy (non-hydrogen) atoms. The molecular weight excluding hydrogens is 396 g/mol. The second kappa shape index (κ2) is 6.87. The van der Waals surface area contributed by atoms with Gasteiger partial charge in [0.25, 0.3) is 10.0 Å². The smallest absolute Gasteiger partial charge is 0.264 e. The molecule has 2 aliphatic rings. The summed E-state index contributed by atoms with van der Waals surface area (Å²) in [6.07, 6.45) is 6.29. The minimum absolute atomic E-state index is 0.361. The van der Waals surface area contributed by atoms with E-state index in [0.29, 0.717) is 24.0 Å². The van der Waals surface area contributed by atoms with Gasteiger partial charge in [-0.1, -0.05) is 18.2 Å². The second-order valence-corrected chi connectivity index (χ2v) is 10.2. The van der Waals surface area contributed by atoms with Gasteiger partial charge in [-0.2, -0.15) is 5.10 Å². The van der Waals surface area contributed by atoms with E-state index in [4.69, 9.17) is 0 Å². The largest absolute Gasteiger partial charge is 0.371 e. The molecule has 0 saturated heterocycles. The van der Waals surface area contributed by atoms with Gasteiger partial charge in [-0.3, -0.25) is 8.99 Å². The van der Waals surface area contributed by atoms with Gasteiger partial charge in [0.2, 0.25) is 0 Å². The van der Waals surface area contributed by atoms with Crippen molar-refractivity contribution in [3.8, 4) is 11.1 Å². The zero-order chi connectivity index (χ0) is 21.0. The van der Waals surface area contributed by atoms with Gasteiger partial charge in [-0.05, 0) is 61.6 Å². The van der Waals surface area contributed by atoms with Crippen molar-refractivity contribution in [2.75, 3.05) is 29.3 Å². The van der Waals surface area contributed by atoms with Crippen LogP contribution in [0.5, 0.6) is 0 Å². The standard InChI is InChI=1S/C23H26N4O2S/c1-16-5-4-6-21-23(16)27(12-11-25(21)3)30(28,29)22-10-7-18(13-17(22)2)19-14-24-26(15-19)20-8-9-20/h4-7,10,13-15,20H,8-9,11-12H2,1-3H3. The molecule has 156 valence electrons. The number of benzene rings is 2. The maximum atomic E-state index is 13.7. The van der Waals surface area contributed by atoms with Crippen LogP contribution in [0.15, 0.2) is 53.7 Å². The zero-order valence-corrected chi connectivity index (χ0v) is 18.4. The lowest BCUT2D eigenvalue weighted by Crippen LogP contribution is -2.43. The summed E-state index contributed by atoms with van der Waals surface area (Å²) in [7, 11) is -1.66. The minimum atomic E-state index is -3.66. The number of nitrogens with zero attached hydrogens (tertiary/aromatic N) is 4. The third-order valence-corrected chi connectivity index (χ3v) is 8.07. The van der Waals surface area contributed by atoms with E-state index < -0.39 is 10.0 Å². The normalized spacial score (nSPS) is 16.6. The van der Waals surface area contributed by atoms with E-state index in [9.17, 15) is 8.42 Å². The lowest BCUT2D eigenvalue weighted by atomic mass is 10.1. The molecular formula is C23H26N4O2S. The van der Waals surface area contributed by atoms with E-state index in [1.54, 1.807) is 10.4 Å². The predicted molar refractivity (Wildman–Crippen MR) is 120 cm³/mol. The van der Waals surface area contributed by atoms with E-state index in [0.717, 1.165) is 33.6 Å². The Morgan fingerprint density at radius 2 is 1.80 bits per heavy atom. The van der Waals surface area contributed by atoms with Gasteiger partial charge >= 0.3 is 0 Å². The van der Waals surface area contributed by atoms with E-state index >= 15 is 0 Å². The van der Waals surface area contributed by atoms with Crippen molar-refractivity contribution in [1.82, 2.24) is 9.78 Å². The van der Waals surface area contributed by atoms with Gasteiger partial charge in [0, 0.05) is 25.4 Å². The monoisotopic (exact) mass is 422 g/mol. The molecule has 1 fully saturated rings. The molecule has 5 rings (SSSR count). The summed E-state index contributed by atoms with van der Waals surface area (Å²) >= 11 is 0. The van der Waals surface area contributed by atoms with Crippen LogP contribution < -0.4 is 9.21 Å². The summed E-state index contributed by atoms with van der Waals surface area (Å²) in [6, 6.07) is 12.0. The number of likely N-dealkylation sites (N-methyl/N-ethyl adjacent to an activating group) is 1. The number of rotatable bonds is 4. The Hall–Kier alpha value is -2.80. The van der Waals surface area contributed by atoms with Crippen LogP contribution in [-0.2, 0) is 10.0 Å². The summed E-state index contributed by atoms with van der Waals surface area (Å²) < 4.78 is 30.9. The van der Waals surface area contributed by atoms with Crippen LogP contribution in [0.3, 0.4) is 0 Å². The summed E-state index contributed by atoms with van der Waals surface area (Å²) in [5.41, 5.74) is 5.46. The van der Waals surface area contributed by atoms with Crippen LogP contribution >= 0.6 is 0 Å². The van der Waals surface area contributed by atoms with Crippen molar-refractivity contribution < 1.29 is 8.42 Å². The van der Waals surface area contributed by atoms with E-state index in [2.05, 4.69) is 16.2 Å². The summed E-state index contributed by atoms with van der Waals surface area (Å²) in [5.74, 6) is 0. The zero-order valence-electron chi connectivity index (χ0n) is 17.5. The van der Waals surface area contributed by atoms with Crippen molar-refractivity contribution in [2.45, 2.75) is 37.6 Å². The first-order valence-corrected chi connectivity index (χ1v) is 11.8. The Morgan fingerprint density at radius 1 is 1.00 bits per heavy atom. The predicted octanol–water partition coefficient (Wildman–Crippen LogP) is 4.15. The molecule has 1 saturated carbocycles. The molecule has 0 unspecified atom stereocenters. The van der Waals surface area contributed by atoms with Crippen LogP contribution in [0.25, 0.3) is 11.1 Å². The number of fused-ring (bicyclic) bond motifs is 1. The topological polar surface area (TPSA) is 58.4 Å². The molecule has 0 radical (unpaired) electrons. The highest BCUT2D eigenvalue weighted by atomic mass is 32.2. The summed E-state index contributed by atoms with van der Waals surface area (Å²) in [6.45, 7) is 4.93. The molecule has 2 aromatic carbocycles. The highest BCUT2D eigenvalue weighted by molar-refractivity contribution is 7.93. The molecule has 0 N–H and O–H groups in total. The van der Waals surface area contributed by atoms with Crippen LogP contribution in [0.1, 0.15) is 30.0 Å². The van der Waals surface area contributed by atoms with Crippen LogP contribution in [-0.4, -0.2) is 38.3 Å². The van der Waals surface area contributed by atoms with Crippen molar-refractivity contribution in [1.29, 1.82) is 0 Å². The quantitative estimate of drug-likeness (QED) is 0.634. The second-order valence-electron chi connectivity index (χ2n) is 8.36. The third-order valence-electron chi connectivity index (χ3n) is 6.11. The third kappa shape index (κ3) is 3.08. The first-order chi connectivity index (χ1) is 14.4. The Morgan fingerprint density at radius 3 is 2.53 bits per heavy atom. The highest BCUT2D eigenvalue weighted by Crippen LogP contribution is 2.39. The molecule has 0 spiro atoms. The fourth-order valence-corrected chi connectivity index (χ4v) is 6.00. The molecule has 1 aromatic heterocycles. The molecule has 3 aromatic rings. The van der Waals surface area contributed by atoms with Crippen molar-refractivity contribution in [3.05, 3.63) is 59.9 Å². The molecule has 0 bridgehead atoms. The molecule has 7 heteroatoms. The number of aryl methyl sites for hydroxylation is 2. The SMILES string of the molecule is Cc1cc(-c2cnn(C3CC3)c2)ccc1S(=O)(=O)N1CCN(C)c2cccc(C)c21. The maximum Gasteiger partial charge on any atom is 0.264 e. The molecule has 0 amide bonds. The first kappa shape index (κ1) is 19.2. The van der Waals surface area contributed by atoms with E-state index in [1.165, 1.54) is 12.8 Å². The Balaban J connectivity index is 1.53. The van der Waals surface area contributed by atoms with Gasteiger partial charge in [-0.15, -0.1) is 0 Å². The van der Waals surface area contributed by atoms with Crippen LogP contribution in [0.2, 0.25) is 0 Å². The van der Waals surface area contributed by atoms with Crippen LogP contribution in [0.4, 0.5) is 11.4 Å². The van der Waals surface area contributed by atoms with Gasteiger partial charge in [0.05, 0.1) is 35.1 Å². The van der Waals surface area contributed by atoms with Gasteiger partial charge in [0.1, 0.15) is 0 Å². The first-order valence-electron chi connectivity index (χ1n) is 10.3. The lowest BCUT2D eigenvalue weighted by molar-refractivity contribution is 0.588. The lowest BCUT2D eigenvalue weighted by Gasteiger charge is -2.37. The van der Waals surface area contributed by atoms with E-state index in [1.807, 2.05) is 62.1 Å². The van der Waals surface area contributed by atoms with Gasteiger partial charge in [0.15, 0.2) is 0 Å². The fraction of sp³-hybridized carbons (Fsp3) is 0.348. The number of hydrogen-bond donors (Lipinski definition) is 0. The highest BCUT2D eigenvalue weighted by Gasteiger charge is 2.33. The number of aromatic nitrogens is 2. The van der Waals surface area contributed by atoms with E-state index in [-0.39, 0.29) is 0 Å². The number of sulfonamides is 1. The number of hydrogen-bond acceptors (Lipinski definition) is 4. The molecule has 1 aliphatic carbocycles. The fourth-order valence-electron chi connectivity index (χ4n) is 4.25. The number of anilines is 2. The minimum Gasteiger partial charge on any atom is -0.371 e. The molecule has 1 aliphatic heterocycles. The number of para-hydroxylation sites is 1.